The van der Waals surface area contributed by atoms with E-state index in [1.54, 1.807) is 4.57 Å². The molecule has 2 rings (SSSR count). The Kier molecular flexibility index (Phi) is 4.73. The van der Waals surface area contributed by atoms with Gasteiger partial charge in [-0.3, -0.25) is 14.9 Å². The van der Waals surface area contributed by atoms with Gasteiger partial charge in [-0.05, 0) is 26.3 Å². The van der Waals surface area contributed by atoms with Gasteiger partial charge in [0.2, 0.25) is 0 Å². The zero-order chi connectivity index (χ0) is 14.5. The molecule has 1 aliphatic heterocycles. The van der Waals surface area contributed by atoms with Gasteiger partial charge in [-0.25, -0.2) is 0 Å². The highest BCUT2D eigenvalue weighted by Crippen LogP contribution is 2.16. The van der Waals surface area contributed by atoms with E-state index in [1.165, 1.54) is 25.1 Å². The minimum atomic E-state index is -0.481. The predicted octanol–water partition coefficient (Wildman–Crippen LogP) is 1.29. The average molecular weight is 280 g/mol. The summed E-state index contributed by atoms with van der Waals surface area (Å²) in [6, 6.07) is 1.63. The van der Waals surface area contributed by atoms with Gasteiger partial charge < -0.3 is 15.2 Å². The van der Waals surface area contributed by atoms with Gasteiger partial charge in [0.15, 0.2) is 0 Å². The van der Waals surface area contributed by atoms with Gasteiger partial charge in [-0.15, -0.1) is 0 Å². The van der Waals surface area contributed by atoms with Crippen LogP contribution in [0.1, 0.15) is 36.7 Å². The minimum absolute atomic E-state index is 0.0483. The predicted molar refractivity (Wildman–Crippen MR) is 74.7 cm³/mol. The van der Waals surface area contributed by atoms with Gasteiger partial charge in [-0.1, -0.05) is 6.42 Å². The van der Waals surface area contributed by atoms with E-state index in [0.29, 0.717) is 24.8 Å². The van der Waals surface area contributed by atoms with E-state index in [4.69, 9.17) is 0 Å². The largest absolute Gasteiger partial charge is 0.349 e. The second-order valence-electron chi connectivity index (χ2n) is 4.98. The number of piperidine rings is 1. The van der Waals surface area contributed by atoms with Crippen LogP contribution in [0.4, 0.5) is 5.69 Å². The number of carbonyl (C=O) groups is 1. The zero-order valence-electron chi connectivity index (χ0n) is 11.6. The molecule has 7 nitrogen and oxygen atoms in total. The van der Waals surface area contributed by atoms with Crippen molar-refractivity contribution in [1.82, 2.24) is 15.2 Å². The lowest BCUT2D eigenvalue weighted by molar-refractivity contribution is -0.384. The van der Waals surface area contributed by atoms with Crippen LogP contribution in [0.2, 0.25) is 0 Å². The molecule has 0 radical (unpaired) electrons. The third-order valence-corrected chi connectivity index (χ3v) is 3.59. The summed E-state index contributed by atoms with van der Waals surface area (Å²) in [4.78, 5) is 22.4. The Balaban J connectivity index is 1.99. The lowest BCUT2D eigenvalue weighted by atomic mass is 10.1. The highest BCUT2D eigenvalue weighted by molar-refractivity contribution is 5.93. The van der Waals surface area contributed by atoms with E-state index in [9.17, 15) is 14.9 Å². The molecule has 0 saturated carbocycles. The molecule has 0 aliphatic carbocycles. The maximum Gasteiger partial charge on any atom is 0.287 e. The van der Waals surface area contributed by atoms with Gasteiger partial charge in [-0.2, -0.15) is 0 Å². The van der Waals surface area contributed by atoms with Crippen LogP contribution in [-0.4, -0.2) is 34.5 Å². The van der Waals surface area contributed by atoms with Crippen LogP contribution < -0.4 is 10.6 Å². The van der Waals surface area contributed by atoms with Gasteiger partial charge in [0.25, 0.3) is 11.6 Å². The summed E-state index contributed by atoms with van der Waals surface area (Å²) in [6.07, 6.45) is 4.79. The standard InChI is InChI=1S/C13H20N4O3/c1-2-16-9-11(17(19)20)7-12(16)13(18)15-8-10-5-3-4-6-14-10/h7,9-10,14H,2-6,8H2,1H3,(H,15,18). The van der Waals surface area contributed by atoms with E-state index < -0.39 is 4.92 Å². The molecule has 20 heavy (non-hydrogen) atoms. The maximum atomic E-state index is 12.1. The van der Waals surface area contributed by atoms with Crippen LogP contribution in [0.25, 0.3) is 0 Å². The molecule has 1 atom stereocenters. The molecule has 2 heterocycles. The molecule has 2 N–H and O–H groups in total. The zero-order valence-corrected chi connectivity index (χ0v) is 11.6. The van der Waals surface area contributed by atoms with Crippen molar-refractivity contribution in [3.8, 4) is 0 Å². The van der Waals surface area contributed by atoms with Crippen LogP contribution >= 0.6 is 0 Å². The van der Waals surface area contributed by atoms with E-state index >= 15 is 0 Å². The number of rotatable bonds is 5. The number of hydrogen-bond acceptors (Lipinski definition) is 4. The van der Waals surface area contributed by atoms with E-state index in [-0.39, 0.29) is 11.6 Å². The quantitative estimate of drug-likeness (QED) is 0.628. The summed E-state index contributed by atoms with van der Waals surface area (Å²) < 4.78 is 1.60. The summed E-state index contributed by atoms with van der Waals surface area (Å²) in [5.74, 6) is -0.257. The van der Waals surface area contributed by atoms with Gasteiger partial charge in [0.05, 0.1) is 11.1 Å². The Labute approximate surface area is 117 Å². The summed E-state index contributed by atoms with van der Waals surface area (Å²) in [5.41, 5.74) is 0.294. The second kappa shape index (κ2) is 6.51. The van der Waals surface area contributed by atoms with Crippen LogP contribution in [0.15, 0.2) is 12.3 Å². The van der Waals surface area contributed by atoms with Crippen LogP contribution in [0.5, 0.6) is 0 Å². The molecule has 1 amide bonds. The Hall–Kier alpha value is -1.89. The number of hydrogen-bond donors (Lipinski definition) is 2. The molecule has 1 aliphatic rings. The Bertz CT molecular complexity index is 492. The lowest BCUT2D eigenvalue weighted by Gasteiger charge is -2.23. The number of nitrogens with one attached hydrogen (secondary N) is 2. The fourth-order valence-corrected chi connectivity index (χ4v) is 2.45. The van der Waals surface area contributed by atoms with Gasteiger partial charge >= 0.3 is 0 Å². The molecule has 7 heteroatoms. The van der Waals surface area contributed by atoms with Crippen LogP contribution in [0.3, 0.4) is 0 Å². The first-order valence-electron chi connectivity index (χ1n) is 6.98. The second-order valence-corrected chi connectivity index (χ2v) is 4.98. The Morgan fingerprint density at radius 2 is 2.40 bits per heavy atom. The molecule has 0 bridgehead atoms. The molecule has 1 fully saturated rings. The summed E-state index contributed by atoms with van der Waals surface area (Å²) in [7, 11) is 0. The van der Waals surface area contributed by atoms with Gasteiger partial charge in [0.1, 0.15) is 5.69 Å². The summed E-state index contributed by atoms with van der Waals surface area (Å²) in [6.45, 7) is 3.92. The van der Waals surface area contributed by atoms with Crippen molar-refractivity contribution >= 4 is 11.6 Å². The molecule has 1 saturated heterocycles. The van der Waals surface area contributed by atoms with Crippen molar-refractivity contribution in [2.45, 2.75) is 38.8 Å². The Morgan fingerprint density at radius 1 is 1.60 bits per heavy atom. The maximum absolute atomic E-state index is 12.1. The van der Waals surface area contributed by atoms with Crippen molar-refractivity contribution in [2.24, 2.45) is 0 Å². The molecule has 0 spiro atoms. The minimum Gasteiger partial charge on any atom is -0.349 e. The first-order chi connectivity index (χ1) is 9.61. The first kappa shape index (κ1) is 14.5. The highest BCUT2D eigenvalue weighted by Gasteiger charge is 2.20. The monoisotopic (exact) mass is 280 g/mol. The number of nitrogens with zero attached hydrogens (tertiary/aromatic N) is 2. The molecule has 0 aromatic carbocycles. The fraction of sp³-hybridized carbons (Fsp3) is 0.615. The van der Waals surface area contributed by atoms with E-state index in [1.807, 2.05) is 6.92 Å². The lowest BCUT2D eigenvalue weighted by Crippen LogP contribution is -2.43. The molecule has 1 unspecified atom stereocenters. The molecule has 1 aromatic rings. The first-order valence-corrected chi connectivity index (χ1v) is 6.98. The molecule has 1 aromatic heterocycles. The number of carbonyl (C=O) groups excluding carboxylic acids is 1. The van der Waals surface area contributed by atoms with E-state index in [0.717, 1.165) is 13.0 Å². The van der Waals surface area contributed by atoms with E-state index in [2.05, 4.69) is 10.6 Å². The number of aromatic nitrogens is 1. The molecular formula is C13H20N4O3. The molecular weight excluding hydrogens is 260 g/mol. The highest BCUT2D eigenvalue weighted by atomic mass is 16.6. The Morgan fingerprint density at radius 3 is 3.00 bits per heavy atom. The summed E-state index contributed by atoms with van der Waals surface area (Å²) >= 11 is 0. The fourth-order valence-electron chi connectivity index (χ4n) is 2.45. The topological polar surface area (TPSA) is 89.2 Å². The number of amides is 1. The van der Waals surface area contributed by atoms with Crippen molar-refractivity contribution < 1.29 is 9.72 Å². The molecule has 110 valence electrons. The van der Waals surface area contributed by atoms with Gasteiger partial charge in [0, 0.05) is 25.2 Å². The SMILES string of the molecule is CCn1cc([N+](=O)[O-])cc1C(=O)NCC1CCCCN1. The smallest absolute Gasteiger partial charge is 0.287 e. The van der Waals surface area contributed by atoms with Crippen molar-refractivity contribution in [3.63, 3.8) is 0 Å². The number of nitro groups is 1. The van der Waals surface area contributed by atoms with Crippen LogP contribution in [0, 0.1) is 10.1 Å². The average Bonchev–Trinajstić information content (AvgIpc) is 2.90. The van der Waals surface area contributed by atoms with Crippen LogP contribution in [-0.2, 0) is 6.54 Å². The summed E-state index contributed by atoms with van der Waals surface area (Å²) in [5, 5.41) is 17.0. The van der Waals surface area contributed by atoms with Crippen molar-refractivity contribution in [2.75, 3.05) is 13.1 Å². The normalized spacial score (nSPS) is 18.8. The van der Waals surface area contributed by atoms with Crippen molar-refractivity contribution in [1.29, 1.82) is 0 Å². The third kappa shape index (κ3) is 3.36. The third-order valence-electron chi connectivity index (χ3n) is 3.59. The number of aryl methyl sites for hydroxylation is 1. The van der Waals surface area contributed by atoms with Crippen molar-refractivity contribution in [3.05, 3.63) is 28.1 Å².